The van der Waals surface area contributed by atoms with Gasteiger partial charge in [-0.15, -0.1) is 5.92 Å². The van der Waals surface area contributed by atoms with Crippen LogP contribution in [0.15, 0.2) is 29.2 Å². The maximum Gasteiger partial charge on any atom is 0.323 e. The molecule has 0 saturated carbocycles. The molecule has 0 bridgehead atoms. The van der Waals surface area contributed by atoms with E-state index in [9.17, 15) is 13.2 Å². The van der Waals surface area contributed by atoms with E-state index in [2.05, 4.69) is 16.6 Å². The molecular weight excluding hydrogens is 306 g/mol. The van der Waals surface area contributed by atoms with E-state index < -0.39 is 22.0 Å². The Labute approximate surface area is 130 Å². The molecular formula is C15H19NO5S. The average molecular weight is 325 g/mol. The van der Waals surface area contributed by atoms with Crippen LogP contribution >= 0.6 is 0 Å². The number of hydrogen-bond donors (Lipinski definition) is 1. The Morgan fingerprint density at radius 1 is 1.32 bits per heavy atom. The Morgan fingerprint density at radius 3 is 2.50 bits per heavy atom. The molecule has 7 heteroatoms. The summed E-state index contributed by atoms with van der Waals surface area (Å²) in [5.41, 5.74) is 0. The van der Waals surface area contributed by atoms with Crippen LogP contribution in [0.4, 0.5) is 0 Å². The second-order valence-electron chi connectivity index (χ2n) is 4.28. The van der Waals surface area contributed by atoms with Crippen molar-refractivity contribution < 1.29 is 22.7 Å². The first-order chi connectivity index (χ1) is 10.4. The highest BCUT2D eigenvalue weighted by molar-refractivity contribution is 7.89. The van der Waals surface area contributed by atoms with Crippen LogP contribution in [0.1, 0.15) is 20.8 Å². The number of carbonyl (C=O) groups excluding carboxylic acids is 1. The van der Waals surface area contributed by atoms with Crippen molar-refractivity contribution in [3.63, 3.8) is 0 Å². The Bertz CT molecular complexity index is 655. The topological polar surface area (TPSA) is 81.7 Å². The number of hydrogen-bond acceptors (Lipinski definition) is 5. The highest BCUT2D eigenvalue weighted by atomic mass is 32.2. The highest BCUT2D eigenvalue weighted by Gasteiger charge is 2.22. The second-order valence-corrected chi connectivity index (χ2v) is 6.00. The van der Waals surface area contributed by atoms with E-state index in [0.29, 0.717) is 5.75 Å². The molecule has 0 amide bonds. The van der Waals surface area contributed by atoms with E-state index in [1.165, 1.54) is 31.2 Å². The quantitative estimate of drug-likeness (QED) is 0.604. The number of rotatable bonds is 7. The minimum Gasteiger partial charge on any atom is -0.481 e. The zero-order valence-electron chi connectivity index (χ0n) is 12.8. The minimum atomic E-state index is -3.80. The van der Waals surface area contributed by atoms with Crippen LogP contribution in [0.3, 0.4) is 0 Å². The molecule has 0 fully saturated rings. The Balaban J connectivity index is 2.76. The summed E-state index contributed by atoms with van der Waals surface area (Å²) in [6.07, 6.45) is 0. The van der Waals surface area contributed by atoms with E-state index in [1.54, 1.807) is 13.8 Å². The smallest absolute Gasteiger partial charge is 0.323 e. The molecule has 1 rings (SSSR count). The molecule has 120 valence electrons. The van der Waals surface area contributed by atoms with Gasteiger partial charge in [0, 0.05) is 0 Å². The fourth-order valence-electron chi connectivity index (χ4n) is 1.52. The lowest BCUT2D eigenvalue weighted by molar-refractivity contribution is -0.144. The molecule has 1 aromatic carbocycles. The van der Waals surface area contributed by atoms with Gasteiger partial charge in [-0.1, -0.05) is 5.92 Å². The zero-order valence-corrected chi connectivity index (χ0v) is 13.6. The first kappa shape index (κ1) is 18.0. The van der Waals surface area contributed by atoms with Gasteiger partial charge in [0.2, 0.25) is 10.0 Å². The summed E-state index contributed by atoms with van der Waals surface area (Å²) in [5.74, 6) is 5.32. The van der Waals surface area contributed by atoms with Crippen molar-refractivity contribution in [2.24, 2.45) is 0 Å². The van der Waals surface area contributed by atoms with Crippen LogP contribution in [0.5, 0.6) is 5.75 Å². The summed E-state index contributed by atoms with van der Waals surface area (Å²) in [5, 5.41) is 0. The van der Waals surface area contributed by atoms with Crippen molar-refractivity contribution in [2.45, 2.75) is 31.7 Å². The van der Waals surface area contributed by atoms with E-state index in [4.69, 9.17) is 9.47 Å². The predicted molar refractivity (Wildman–Crippen MR) is 81.8 cm³/mol. The average Bonchev–Trinajstić information content (AvgIpc) is 2.48. The summed E-state index contributed by atoms with van der Waals surface area (Å²) in [6.45, 7) is 5.21. The third kappa shape index (κ3) is 5.39. The summed E-state index contributed by atoms with van der Waals surface area (Å²) in [6, 6.07) is 4.90. The van der Waals surface area contributed by atoms with Crippen LogP contribution in [0.25, 0.3) is 0 Å². The summed E-state index contributed by atoms with van der Waals surface area (Å²) < 4.78 is 36.6. The monoisotopic (exact) mass is 325 g/mol. The van der Waals surface area contributed by atoms with Crippen molar-refractivity contribution in [1.82, 2.24) is 4.72 Å². The van der Waals surface area contributed by atoms with Crippen molar-refractivity contribution in [3.8, 4) is 17.6 Å². The predicted octanol–water partition coefficient (Wildman–Crippen LogP) is 1.32. The van der Waals surface area contributed by atoms with Gasteiger partial charge in [0.1, 0.15) is 18.4 Å². The van der Waals surface area contributed by atoms with Crippen LogP contribution in [-0.4, -0.2) is 33.6 Å². The largest absolute Gasteiger partial charge is 0.481 e. The molecule has 1 atom stereocenters. The number of esters is 1. The van der Waals surface area contributed by atoms with Gasteiger partial charge in [-0.3, -0.25) is 4.79 Å². The van der Waals surface area contributed by atoms with Gasteiger partial charge in [-0.25, -0.2) is 8.42 Å². The van der Waals surface area contributed by atoms with Crippen molar-refractivity contribution in [2.75, 3.05) is 13.2 Å². The molecule has 0 spiro atoms. The lowest BCUT2D eigenvalue weighted by Gasteiger charge is -2.13. The third-order valence-corrected chi connectivity index (χ3v) is 4.15. The Morgan fingerprint density at radius 2 is 1.95 bits per heavy atom. The Kier molecular flexibility index (Phi) is 6.89. The molecule has 1 N–H and O–H groups in total. The lowest BCUT2D eigenvalue weighted by atomic mass is 10.3. The molecule has 0 aliphatic rings. The molecule has 0 heterocycles. The van der Waals surface area contributed by atoms with Gasteiger partial charge < -0.3 is 9.47 Å². The number of carbonyl (C=O) groups is 1. The van der Waals surface area contributed by atoms with E-state index in [-0.39, 0.29) is 18.1 Å². The molecule has 0 aromatic heterocycles. The van der Waals surface area contributed by atoms with Crippen molar-refractivity contribution >= 4 is 16.0 Å². The molecule has 1 unspecified atom stereocenters. The summed E-state index contributed by atoms with van der Waals surface area (Å²) in [7, 11) is -3.80. The van der Waals surface area contributed by atoms with E-state index >= 15 is 0 Å². The van der Waals surface area contributed by atoms with Crippen molar-refractivity contribution in [1.29, 1.82) is 0 Å². The summed E-state index contributed by atoms with van der Waals surface area (Å²) in [4.78, 5) is 11.5. The fourth-order valence-corrected chi connectivity index (χ4v) is 2.71. The molecule has 0 radical (unpaired) electrons. The van der Waals surface area contributed by atoms with Gasteiger partial charge >= 0.3 is 5.97 Å². The first-order valence-electron chi connectivity index (χ1n) is 6.72. The number of sulfonamides is 1. The first-order valence-corrected chi connectivity index (χ1v) is 8.20. The van der Waals surface area contributed by atoms with Crippen LogP contribution < -0.4 is 9.46 Å². The maximum atomic E-state index is 12.1. The second kappa shape index (κ2) is 8.41. The molecule has 0 saturated heterocycles. The Hall–Kier alpha value is -2.04. The van der Waals surface area contributed by atoms with Crippen LogP contribution in [0, 0.1) is 11.8 Å². The summed E-state index contributed by atoms with van der Waals surface area (Å²) >= 11 is 0. The molecule has 0 aliphatic heterocycles. The molecule has 22 heavy (non-hydrogen) atoms. The van der Waals surface area contributed by atoms with Gasteiger partial charge in [-0.2, -0.15) is 4.72 Å². The zero-order chi connectivity index (χ0) is 16.6. The maximum absolute atomic E-state index is 12.1. The molecule has 6 nitrogen and oxygen atoms in total. The fraction of sp³-hybridized carbons (Fsp3) is 0.400. The molecule has 1 aromatic rings. The van der Waals surface area contributed by atoms with Gasteiger partial charge in [0.25, 0.3) is 0 Å². The number of nitrogens with one attached hydrogen (secondary N) is 1. The van der Waals surface area contributed by atoms with Crippen molar-refractivity contribution in [3.05, 3.63) is 24.3 Å². The van der Waals surface area contributed by atoms with Gasteiger partial charge in [0.05, 0.1) is 11.5 Å². The number of benzene rings is 1. The minimum absolute atomic E-state index is 0.0394. The van der Waals surface area contributed by atoms with Crippen LogP contribution in [-0.2, 0) is 19.6 Å². The van der Waals surface area contributed by atoms with E-state index in [0.717, 1.165) is 0 Å². The third-order valence-electron chi connectivity index (χ3n) is 2.59. The SMILES string of the molecule is CC#CCOc1ccc(S(=O)(=O)NC(C)C(=O)OCC)cc1. The molecule has 0 aliphatic carbocycles. The van der Waals surface area contributed by atoms with Gasteiger partial charge in [0.15, 0.2) is 0 Å². The highest BCUT2D eigenvalue weighted by Crippen LogP contribution is 2.16. The standard InChI is InChI=1S/C15H19NO5S/c1-4-6-11-21-13-7-9-14(10-8-13)22(18,19)16-12(3)15(17)20-5-2/h7-10,12,16H,5,11H2,1-3H3. The van der Waals surface area contributed by atoms with Crippen LogP contribution in [0.2, 0.25) is 0 Å². The lowest BCUT2D eigenvalue weighted by Crippen LogP contribution is -2.39. The normalized spacial score (nSPS) is 12.0. The van der Waals surface area contributed by atoms with Gasteiger partial charge in [-0.05, 0) is 45.0 Å². The van der Waals surface area contributed by atoms with E-state index in [1.807, 2.05) is 0 Å². The number of ether oxygens (including phenoxy) is 2.